The number of esters is 1. The molecule has 2 heterocycles. The first-order valence-electron chi connectivity index (χ1n) is 6.94. The van der Waals surface area contributed by atoms with Gasteiger partial charge in [0.15, 0.2) is 6.61 Å². The van der Waals surface area contributed by atoms with Gasteiger partial charge in [0.05, 0.1) is 0 Å². The molecule has 0 fully saturated rings. The van der Waals surface area contributed by atoms with Crippen molar-refractivity contribution in [3.8, 4) is 5.95 Å². The maximum Gasteiger partial charge on any atom is 0.374 e. The van der Waals surface area contributed by atoms with Gasteiger partial charge in [0, 0.05) is 19.2 Å². The number of aromatic hydroxyl groups is 1. The summed E-state index contributed by atoms with van der Waals surface area (Å²) >= 11 is 0. The topological polar surface area (TPSA) is 80.0 Å². The van der Waals surface area contributed by atoms with Crippen LogP contribution in [0.25, 0.3) is 0 Å². The van der Waals surface area contributed by atoms with Crippen LogP contribution in [0.4, 0.5) is 0 Å². The number of furan rings is 1. The van der Waals surface area contributed by atoms with Crippen molar-refractivity contribution in [3.05, 3.63) is 53.3 Å². The predicted molar refractivity (Wildman–Crippen MR) is 76.2 cm³/mol. The average molecular weight is 301 g/mol. The first kappa shape index (κ1) is 14.2. The van der Waals surface area contributed by atoms with Crippen LogP contribution in [0.2, 0.25) is 0 Å². The molecule has 0 spiro atoms. The zero-order valence-electron chi connectivity index (χ0n) is 11.8. The van der Waals surface area contributed by atoms with Crippen LogP contribution in [0.5, 0.6) is 5.95 Å². The fourth-order valence-electron chi connectivity index (χ4n) is 2.44. The van der Waals surface area contributed by atoms with Gasteiger partial charge in [0.2, 0.25) is 5.76 Å². The van der Waals surface area contributed by atoms with Crippen molar-refractivity contribution < 1.29 is 23.8 Å². The second-order valence-corrected chi connectivity index (χ2v) is 5.05. The minimum atomic E-state index is -0.772. The summed E-state index contributed by atoms with van der Waals surface area (Å²) in [4.78, 5) is 25.4. The molecule has 1 N–H and O–H groups in total. The Morgan fingerprint density at radius 3 is 2.68 bits per heavy atom. The Morgan fingerprint density at radius 1 is 1.18 bits per heavy atom. The van der Waals surface area contributed by atoms with Crippen LogP contribution in [0.1, 0.15) is 21.7 Å². The highest BCUT2D eigenvalue weighted by molar-refractivity contribution is 5.89. The molecule has 114 valence electrons. The Hall–Kier alpha value is -2.76. The van der Waals surface area contributed by atoms with Crippen molar-refractivity contribution >= 4 is 11.9 Å². The number of fused-ring (bicyclic) bond motifs is 1. The van der Waals surface area contributed by atoms with Crippen LogP contribution >= 0.6 is 0 Å². The van der Waals surface area contributed by atoms with Crippen LogP contribution < -0.4 is 0 Å². The van der Waals surface area contributed by atoms with Gasteiger partial charge in [-0.15, -0.1) is 0 Å². The highest BCUT2D eigenvalue weighted by Gasteiger charge is 2.22. The quantitative estimate of drug-likeness (QED) is 0.873. The van der Waals surface area contributed by atoms with Gasteiger partial charge in [0.1, 0.15) is 0 Å². The van der Waals surface area contributed by atoms with Crippen LogP contribution in [0, 0.1) is 0 Å². The zero-order valence-corrected chi connectivity index (χ0v) is 11.8. The largest absolute Gasteiger partial charge is 0.481 e. The molecule has 6 nitrogen and oxygen atoms in total. The average Bonchev–Trinajstić information content (AvgIpc) is 2.98. The van der Waals surface area contributed by atoms with E-state index < -0.39 is 5.97 Å². The zero-order chi connectivity index (χ0) is 15.5. The number of rotatable bonds is 3. The number of amides is 1. The van der Waals surface area contributed by atoms with Gasteiger partial charge in [-0.3, -0.25) is 4.79 Å². The van der Waals surface area contributed by atoms with Gasteiger partial charge in [-0.25, -0.2) is 4.79 Å². The van der Waals surface area contributed by atoms with E-state index in [-0.39, 0.29) is 24.2 Å². The summed E-state index contributed by atoms with van der Waals surface area (Å²) in [5.74, 6) is -1.52. The second-order valence-electron chi connectivity index (χ2n) is 5.05. The van der Waals surface area contributed by atoms with E-state index in [0.717, 1.165) is 12.0 Å². The fourth-order valence-corrected chi connectivity index (χ4v) is 2.44. The number of carbonyl (C=O) groups excluding carboxylic acids is 2. The first-order valence-corrected chi connectivity index (χ1v) is 6.94. The monoisotopic (exact) mass is 301 g/mol. The molecule has 0 saturated carbocycles. The third-order valence-electron chi connectivity index (χ3n) is 3.60. The number of carbonyl (C=O) groups is 2. The molecule has 1 aromatic heterocycles. The van der Waals surface area contributed by atoms with Crippen molar-refractivity contribution in [3.63, 3.8) is 0 Å². The Bertz CT molecular complexity index is 706. The maximum atomic E-state index is 12.1. The SMILES string of the molecule is O=C(OCC(=O)N1CCc2ccccc2C1)c1ccc(O)o1. The van der Waals surface area contributed by atoms with Crippen molar-refractivity contribution in [2.75, 3.05) is 13.2 Å². The molecule has 1 aliphatic heterocycles. The highest BCUT2D eigenvalue weighted by atomic mass is 16.6. The summed E-state index contributed by atoms with van der Waals surface area (Å²) in [6.45, 7) is 0.783. The van der Waals surface area contributed by atoms with Gasteiger partial charge in [-0.2, -0.15) is 0 Å². The number of ether oxygens (including phenoxy) is 1. The van der Waals surface area contributed by atoms with Crippen LogP contribution in [0.15, 0.2) is 40.8 Å². The van der Waals surface area contributed by atoms with E-state index >= 15 is 0 Å². The number of hydrogen-bond donors (Lipinski definition) is 1. The van der Waals surface area contributed by atoms with Gasteiger partial charge >= 0.3 is 5.97 Å². The van der Waals surface area contributed by atoms with Crippen molar-refractivity contribution in [1.29, 1.82) is 0 Å². The summed E-state index contributed by atoms with van der Waals surface area (Å²) in [6, 6.07) is 10.5. The first-order chi connectivity index (χ1) is 10.6. The van der Waals surface area contributed by atoms with E-state index in [4.69, 9.17) is 14.3 Å². The Kier molecular flexibility index (Phi) is 3.82. The molecule has 22 heavy (non-hydrogen) atoms. The van der Waals surface area contributed by atoms with Gasteiger partial charge in [0.25, 0.3) is 11.9 Å². The summed E-state index contributed by atoms with van der Waals surface area (Å²) in [5, 5.41) is 9.03. The normalized spacial score (nSPS) is 13.5. The smallest absolute Gasteiger partial charge is 0.374 e. The lowest BCUT2D eigenvalue weighted by molar-refractivity contribution is -0.135. The lowest BCUT2D eigenvalue weighted by Gasteiger charge is -2.28. The molecule has 3 rings (SSSR count). The molecule has 1 aromatic carbocycles. The van der Waals surface area contributed by atoms with E-state index in [9.17, 15) is 9.59 Å². The Morgan fingerprint density at radius 2 is 1.95 bits per heavy atom. The van der Waals surface area contributed by atoms with E-state index in [1.165, 1.54) is 17.7 Å². The second kappa shape index (κ2) is 5.93. The standard InChI is InChI=1S/C16H15NO5/c18-14(10-21-16(20)13-5-6-15(19)22-13)17-8-7-11-3-1-2-4-12(11)9-17/h1-6,19H,7-10H2. The molecule has 0 radical (unpaired) electrons. The van der Waals surface area contributed by atoms with Crippen LogP contribution in [0.3, 0.4) is 0 Å². The Balaban J connectivity index is 1.56. The number of hydrogen-bond acceptors (Lipinski definition) is 5. The van der Waals surface area contributed by atoms with E-state index in [1.807, 2.05) is 18.2 Å². The highest BCUT2D eigenvalue weighted by Crippen LogP contribution is 2.19. The number of nitrogens with zero attached hydrogens (tertiary/aromatic N) is 1. The minimum Gasteiger partial charge on any atom is -0.481 e. The summed E-state index contributed by atoms with van der Waals surface area (Å²) < 4.78 is 9.64. The molecule has 0 aliphatic carbocycles. The fraction of sp³-hybridized carbons (Fsp3) is 0.250. The molecule has 0 unspecified atom stereocenters. The van der Waals surface area contributed by atoms with Gasteiger partial charge in [-0.1, -0.05) is 24.3 Å². The molecule has 0 saturated heterocycles. The van der Waals surface area contributed by atoms with Gasteiger partial charge in [-0.05, 0) is 23.6 Å². The molecular weight excluding hydrogens is 286 g/mol. The molecule has 0 atom stereocenters. The molecule has 6 heteroatoms. The maximum absolute atomic E-state index is 12.1. The molecule has 1 aliphatic rings. The van der Waals surface area contributed by atoms with Gasteiger partial charge < -0.3 is 19.2 Å². The third-order valence-corrected chi connectivity index (χ3v) is 3.60. The van der Waals surface area contributed by atoms with Crippen molar-refractivity contribution in [1.82, 2.24) is 4.90 Å². The van der Waals surface area contributed by atoms with Crippen molar-refractivity contribution in [2.45, 2.75) is 13.0 Å². The lowest BCUT2D eigenvalue weighted by Crippen LogP contribution is -2.38. The van der Waals surface area contributed by atoms with Crippen molar-refractivity contribution in [2.24, 2.45) is 0 Å². The molecule has 0 bridgehead atoms. The predicted octanol–water partition coefficient (Wildman–Crippen LogP) is 1.73. The van der Waals surface area contributed by atoms with Crippen LogP contribution in [-0.2, 0) is 22.5 Å². The molecule has 1 amide bonds. The third kappa shape index (κ3) is 2.95. The summed E-state index contributed by atoms with van der Waals surface area (Å²) in [5.41, 5.74) is 2.36. The van der Waals surface area contributed by atoms with E-state index in [0.29, 0.717) is 13.1 Å². The molecular formula is C16H15NO5. The molecule has 2 aromatic rings. The number of benzene rings is 1. The summed E-state index contributed by atoms with van der Waals surface area (Å²) in [7, 11) is 0. The lowest BCUT2D eigenvalue weighted by atomic mass is 10.00. The minimum absolute atomic E-state index is 0.130. The van der Waals surface area contributed by atoms with E-state index in [2.05, 4.69) is 6.07 Å². The van der Waals surface area contributed by atoms with Crippen LogP contribution in [-0.4, -0.2) is 35.0 Å². The Labute approximate surface area is 126 Å². The van der Waals surface area contributed by atoms with E-state index in [1.54, 1.807) is 4.90 Å². The summed E-state index contributed by atoms with van der Waals surface area (Å²) in [6.07, 6.45) is 0.794.